The Morgan fingerprint density at radius 1 is 1.65 bits per heavy atom. The molecule has 8 heteroatoms. The first-order valence-corrected chi connectivity index (χ1v) is 7.49. The largest absolute Gasteiger partial charge is 0.466 e. The van der Waals surface area contributed by atoms with Crippen LogP contribution in [0.15, 0.2) is 31.7 Å². The second kappa shape index (κ2) is 7.20. The minimum Gasteiger partial charge on any atom is -0.466 e. The average molecular weight is 358 g/mol. The molecule has 0 aliphatic heterocycles. The lowest BCUT2D eigenvalue weighted by atomic mass is 10.3. The summed E-state index contributed by atoms with van der Waals surface area (Å²) in [7, 11) is 0. The summed E-state index contributed by atoms with van der Waals surface area (Å²) >= 11 is 4.57. The van der Waals surface area contributed by atoms with Crippen LogP contribution in [0, 0.1) is 0 Å². The van der Waals surface area contributed by atoms with Crippen LogP contribution in [-0.4, -0.2) is 23.8 Å². The molecule has 0 saturated heterocycles. The normalized spacial score (nSPS) is 10.9. The molecule has 0 aliphatic carbocycles. The van der Waals surface area contributed by atoms with Crippen LogP contribution in [0.4, 0.5) is 5.13 Å². The summed E-state index contributed by atoms with van der Waals surface area (Å²) in [5, 5.41) is 6.39. The molecular weight excluding hydrogens is 346 g/mol. The van der Waals surface area contributed by atoms with Crippen LogP contribution in [0.2, 0.25) is 0 Å². The number of nitrogens with zero attached hydrogens (tertiary/aromatic N) is 2. The number of rotatable bonds is 6. The van der Waals surface area contributed by atoms with Crippen molar-refractivity contribution in [1.82, 2.24) is 4.98 Å². The molecule has 2 aromatic rings. The molecule has 0 radical (unpaired) electrons. The van der Waals surface area contributed by atoms with Gasteiger partial charge in [0.1, 0.15) is 5.76 Å². The summed E-state index contributed by atoms with van der Waals surface area (Å²) in [6.07, 6.45) is 1.71. The zero-order valence-electron chi connectivity index (χ0n) is 10.6. The first-order chi connectivity index (χ1) is 9.67. The minimum absolute atomic E-state index is 0.168. The fourth-order valence-corrected chi connectivity index (χ4v) is 2.33. The molecule has 106 valence electrons. The van der Waals surface area contributed by atoms with Crippen molar-refractivity contribution in [3.8, 4) is 0 Å². The van der Waals surface area contributed by atoms with E-state index in [-0.39, 0.29) is 12.4 Å². The number of esters is 1. The van der Waals surface area contributed by atoms with Crippen LogP contribution in [-0.2, 0) is 16.0 Å². The van der Waals surface area contributed by atoms with E-state index in [9.17, 15) is 4.79 Å². The van der Waals surface area contributed by atoms with E-state index < -0.39 is 0 Å². The number of thiazole rings is 1. The molecule has 0 aromatic carbocycles. The molecule has 0 spiro atoms. The van der Waals surface area contributed by atoms with Crippen molar-refractivity contribution in [2.45, 2.75) is 13.3 Å². The number of hydrogen-bond donors (Lipinski definition) is 1. The van der Waals surface area contributed by atoms with Crippen LogP contribution in [0.25, 0.3) is 0 Å². The quantitative estimate of drug-likeness (QED) is 0.488. The molecule has 6 nitrogen and oxygen atoms in total. The molecule has 1 N–H and O–H groups in total. The van der Waals surface area contributed by atoms with Gasteiger partial charge in [-0.3, -0.25) is 10.2 Å². The van der Waals surface area contributed by atoms with E-state index in [4.69, 9.17) is 9.15 Å². The molecule has 2 aromatic heterocycles. The molecular formula is C12H12BrN3O3S. The predicted molar refractivity (Wildman–Crippen MR) is 80.1 cm³/mol. The van der Waals surface area contributed by atoms with Crippen molar-refractivity contribution < 1.29 is 13.9 Å². The number of hydrazone groups is 1. The number of hydrogen-bond acceptors (Lipinski definition) is 7. The standard InChI is InChI=1S/C12H12BrN3O3S/c1-2-18-11(17)5-8-7-20-12(15-8)16-14-6-9-3-4-10(13)19-9/h3-4,6-7H,2,5H2,1H3,(H,15,16)/b14-6-. The Bertz CT molecular complexity index is 609. The summed E-state index contributed by atoms with van der Waals surface area (Å²) in [5.74, 6) is 0.334. The van der Waals surface area contributed by atoms with Gasteiger partial charge in [0.05, 0.1) is 24.9 Å². The average Bonchev–Trinajstić information content (AvgIpc) is 3.00. The van der Waals surface area contributed by atoms with Gasteiger partial charge in [-0.2, -0.15) is 5.10 Å². The molecule has 2 heterocycles. The Kier molecular flexibility index (Phi) is 5.31. The summed E-state index contributed by atoms with van der Waals surface area (Å²) in [4.78, 5) is 15.5. The van der Waals surface area contributed by atoms with Gasteiger partial charge < -0.3 is 9.15 Å². The van der Waals surface area contributed by atoms with Crippen LogP contribution in [0.5, 0.6) is 0 Å². The fraction of sp³-hybridized carbons (Fsp3) is 0.250. The number of carbonyl (C=O) groups is 1. The summed E-state index contributed by atoms with van der Waals surface area (Å²) < 4.78 is 10.8. The molecule has 20 heavy (non-hydrogen) atoms. The van der Waals surface area contributed by atoms with Crippen LogP contribution in [0.3, 0.4) is 0 Å². The third kappa shape index (κ3) is 4.46. The fourth-order valence-electron chi connectivity index (χ4n) is 1.35. The van der Waals surface area contributed by atoms with Gasteiger partial charge in [-0.15, -0.1) is 11.3 Å². The van der Waals surface area contributed by atoms with Crippen molar-refractivity contribution >= 4 is 44.6 Å². The number of halogens is 1. The predicted octanol–water partition coefficient (Wildman–Crippen LogP) is 3.05. The third-order valence-electron chi connectivity index (χ3n) is 2.13. The highest BCUT2D eigenvalue weighted by Gasteiger charge is 2.07. The Labute approximate surface area is 128 Å². The first kappa shape index (κ1) is 14.7. The van der Waals surface area contributed by atoms with Gasteiger partial charge in [0.2, 0.25) is 5.13 Å². The summed E-state index contributed by atoms with van der Waals surface area (Å²) in [5.41, 5.74) is 3.44. The van der Waals surface area contributed by atoms with Crippen molar-refractivity contribution in [3.63, 3.8) is 0 Å². The number of aromatic nitrogens is 1. The first-order valence-electron chi connectivity index (χ1n) is 5.82. The lowest BCUT2D eigenvalue weighted by Crippen LogP contribution is -2.07. The van der Waals surface area contributed by atoms with Crippen LogP contribution in [0.1, 0.15) is 18.4 Å². The molecule has 0 saturated carbocycles. The number of anilines is 1. The van der Waals surface area contributed by atoms with Gasteiger partial charge in [-0.05, 0) is 35.0 Å². The molecule has 0 fully saturated rings. The molecule has 0 amide bonds. The van der Waals surface area contributed by atoms with E-state index in [1.165, 1.54) is 17.6 Å². The Morgan fingerprint density at radius 2 is 2.50 bits per heavy atom. The van der Waals surface area contributed by atoms with E-state index in [0.717, 1.165) is 0 Å². The van der Waals surface area contributed by atoms with Crippen LogP contribution >= 0.6 is 27.3 Å². The van der Waals surface area contributed by atoms with Gasteiger partial charge in [-0.1, -0.05) is 0 Å². The highest BCUT2D eigenvalue weighted by atomic mass is 79.9. The molecule has 0 bridgehead atoms. The Hall–Kier alpha value is -1.67. The van der Waals surface area contributed by atoms with E-state index in [2.05, 4.69) is 31.4 Å². The molecule has 0 atom stereocenters. The van der Waals surface area contributed by atoms with Crippen molar-refractivity contribution in [1.29, 1.82) is 0 Å². The maximum absolute atomic E-state index is 11.3. The lowest BCUT2D eigenvalue weighted by molar-refractivity contribution is -0.142. The number of furan rings is 1. The van der Waals surface area contributed by atoms with Crippen molar-refractivity contribution in [3.05, 3.63) is 33.6 Å². The zero-order valence-corrected chi connectivity index (χ0v) is 13.0. The number of nitrogens with one attached hydrogen (secondary N) is 1. The highest BCUT2D eigenvalue weighted by Crippen LogP contribution is 2.16. The zero-order chi connectivity index (χ0) is 14.4. The topological polar surface area (TPSA) is 76.7 Å². The monoisotopic (exact) mass is 357 g/mol. The number of carbonyl (C=O) groups excluding carboxylic acids is 1. The van der Waals surface area contributed by atoms with E-state index in [1.807, 2.05) is 0 Å². The van der Waals surface area contributed by atoms with E-state index in [0.29, 0.717) is 27.9 Å². The minimum atomic E-state index is -0.284. The second-order valence-electron chi connectivity index (χ2n) is 3.64. The third-order valence-corrected chi connectivity index (χ3v) is 3.35. The van der Waals surface area contributed by atoms with Crippen molar-refractivity contribution in [2.24, 2.45) is 5.10 Å². The maximum atomic E-state index is 11.3. The lowest BCUT2D eigenvalue weighted by Gasteiger charge is -1.97. The summed E-state index contributed by atoms with van der Waals surface area (Å²) in [6, 6.07) is 3.56. The van der Waals surface area contributed by atoms with Crippen LogP contribution < -0.4 is 5.43 Å². The van der Waals surface area contributed by atoms with E-state index >= 15 is 0 Å². The van der Waals surface area contributed by atoms with Gasteiger partial charge >= 0.3 is 5.97 Å². The van der Waals surface area contributed by atoms with Crippen molar-refractivity contribution in [2.75, 3.05) is 12.0 Å². The van der Waals surface area contributed by atoms with Gasteiger partial charge in [0.25, 0.3) is 0 Å². The molecule has 0 aliphatic rings. The molecule has 0 unspecified atom stereocenters. The highest BCUT2D eigenvalue weighted by molar-refractivity contribution is 9.10. The Balaban J connectivity index is 1.86. The van der Waals surface area contributed by atoms with Gasteiger partial charge in [0, 0.05) is 5.38 Å². The maximum Gasteiger partial charge on any atom is 0.311 e. The smallest absolute Gasteiger partial charge is 0.311 e. The summed E-state index contributed by atoms with van der Waals surface area (Å²) in [6.45, 7) is 2.14. The molecule has 2 rings (SSSR count). The second-order valence-corrected chi connectivity index (χ2v) is 5.28. The number of ether oxygens (including phenoxy) is 1. The van der Waals surface area contributed by atoms with Gasteiger partial charge in [0.15, 0.2) is 4.67 Å². The SMILES string of the molecule is CCOC(=O)Cc1csc(N/N=C\c2ccc(Br)o2)n1. The Morgan fingerprint density at radius 3 is 3.20 bits per heavy atom. The van der Waals surface area contributed by atoms with Gasteiger partial charge in [-0.25, -0.2) is 4.98 Å². The van der Waals surface area contributed by atoms with E-state index in [1.54, 1.807) is 24.4 Å².